The Morgan fingerprint density at radius 3 is 2.09 bits per heavy atom. The van der Waals surface area contributed by atoms with E-state index in [0.29, 0.717) is 0 Å². The minimum Gasteiger partial charge on any atom is -0.480 e. The van der Waals surface area contributed by atoms with Crippen LogP contribution in [0.25, 0.3) is 0 Å². The summed E-state index contributed by atoms with van der Waals surface area (Å²) in [4.78, 5) is 55.1. The molecule has 0 aromatic rings. The number of hydrogen-bond donors (Lipinski definition) is 7. The van der Waals surface area contributed by atoms with Gasteiger partial charge in [-0.3, -0.25) is 14.4 Å². The van der Waals surface area contributed by atoms with Gasteiger partial charge in [0.05, 0.1) is 0 Å². The number of nitrogens with one attached hydrogen (secondary N) is 3. The van der Waals surface area contributed by atoms with E-state index in [1.165, 1.54) is 0 Å². The summed E-state index contributed by atoms with van der Waals surface area (Å²) in [6.45, 7) is -0.609. The summed E-state index contributed by atoms with van der Waals surface area (Å²) in [5.74, 6) is -4.09. The van der Waals surface area contributed by atoms with Gasteiger partial charge >= 0.3 is 18.0 Å². The second kappa shape index (κ2) is 10.3. The highest BCUT2D eigenvalue weighted by Gasteiger charge is 2.23. The van der Waals surface area contributed by atoms with Crippen LogP contribution in [0.4, 0.5) is 4.79 Å². The lowest BCUT2D eigenvalue weighted by Gasteiger charge is -2.17. The van der Waals surface area contributed by atoms with Crippen LogP contribution in [0.1, 0.15) is 12.8 Å². The Hall–Kier alpha value is -2.50. The van der Waals surface area contributed by atoms with E-state index < -0.39 is 48.4 Å². The largest absolute Gasteiger partial charge is 0.480 e. The molecule has 2 atom stereocenters. The molecule has 0 aliphatic rings. The Bertz CT molecular complexity index is 485. The monoisotopic (exact) mass is 350 g/mol. The maximum absolute atomic E-state index is 11.7. The first-order valence-electron chi connectivity index (χ1n) is 6.35. The van der Waals surface area contributed by atoms with Gasteiger partial charge in [-0.1, -0.05) is 0 Å². The third-order valence-electron chi connectivity index (χ3n) is 2.52. The molecule has 11 nitrogen and oxygen atoms in total. The molecule has 0 spiro atoms. The number of carboxylic acids is 2. The van der Waals surface area contributed by atoms with Gasteiger partial charge in [-0.25, -0.2) is 9.59 Å². The molecule has 0 aliphatic heterocycles. The van der Waals surface area contributed by atoms with Crippen LogP contribution in [0, 0.1) is 0 Å². The van der Waals surface area contributed by atoms with Crippen LogP contribution >= 0.6 is 12.6 Å². The number of aliphatic carboxylic acids is 2. The molecule has 0 heterocycles. The summed E-state index contributed by atoms with van der Waals surface area (Å²) in [6, 6.07) is -3.45. The molecule has 0 radical (unpaired) electrons. The van der Waals surface area contributed by atoms with E-state index in [2.05, 4.69) is 23.3 Å². The first-order valence-corrected chi connectivity index (χ1v) is 6.99. The van der Waals surface area contributed by atoms with Crippen molar-refractivity contribution < 1.29 is 34.2 Å². The van der Waals surface area contributed by atoms with Gasteiger partial charge in [-0.2, -0.15) is 12.6 Å². The second-order valence-corrected chi connectivity index (χ2v) is 4.72. The highest BCUT2D eigenvalue weighted by molar-refractivity contribution is 7.80. The zero-order valence-corrected chi connectivity index (χ0v) is 12.8. The number of carbonyl (C=O) groups excluding carboxylic acids is 3. The van der Waals surface area contributed by atoms with Crippen molar-refractivity contribution in [1.82, 2.24) is 16.0 Å². The molecule has 0 saturated heterocycles. The van der Waals surface area contributed by atoms with E-state index >= 15 is 0 Å². The minimum atomic E-state index is -1.36. The lowest BCUT2D eigenvalue weighted by Crippen LogP contribution is -2.49. The maximum atomic E-state index is 11.7. The van der Waals surface area contributed by atoms with Crippen molar-refractivity contribution in [1.29, 1.82) is 0 Å². The quantitative estimate of drug-likeness (QED) is 0.212. The van der Waals surface area contributed by atoms with Crippen LogP contribution in [0.15, 0.2) is 0 Å². The van der Waals surface area contributed by atoms with Gasteiger partial charge in [-0.05, 0) is 6.42 Å². The number of primary amides is 1. The summed E-state index contributed by atoms with van der Waals surface area (Å²) in [5, 5.41) is 23.6. The van der Waals surface area contributed by atoms with Crippen LogP contribution in [0.5, 0.6) is 0 Å². The molecular formula is C11H18N4O7S. The minimum absolute atomic E-state index is 0.0842. The Balaban J connectivity index is 4.43. The Morgan fingerprint density at radius 1 is 1.04 bits per heavy atom. The van der Waals surface area contributed by atoms with E-state index in [9.17, 15) is 24.0 Å². The van der Waals surface area contributed by atoms with E-state index in [1.807, 2.05) is 5.32 Å². The molecule has 0 aromatic heterocycles. The van der Waals surface area contributed by atoms with E-state index in [0.717, 1.165) is 0 Å². The fraction of sp³-hybridized carbons (Fsp3) is 0.545. The van der Waals surface area contributed by atoms with E-state index in [4.69, 9.17) is 15.9 Å². The van der Waals surface area contributed by atoms with Crippen molar-refractivity contribution in [3.63, 3.8) is 0 Å². The molecule has 0 aliphatic carbocycles. The average molecular weight is 350 g/mol. The number of rotatable bonds is 10. The number of carboxylic acid groups (broad SMARTS) is 2. The zero-order valence-electron chi connectivity index (χ0n) is 11.9. The number of urea groups is 1. The van der Waals surface area contributed by atoms with E-state index in [-0.39, 0.29) is 18.6 Å². The van der Waals surface area contributed by atoms with Gasteiger partial charge in [0.25, 0.3) is 0 Å². The number of amides is 4. The lowest BCUT2D eigenvalue weighted by molar-refractivity contribution is -0.139. The Kier molecular flexibility index (Phi) is 9.15. The van der Waals surface area contributed by atoms with Crippen molar-refractivity contribution in [2.24, 2.45) is 5.73 Å². The van der Waals surface area contributed by atoms with Gasteiger partial charge in [-0.15, -0.1) is 0 Å². The zero-order chi connectivity index (χ0) is 18.0. The molecule has 0 fully saturated rings. The predicted molar refractivity (Wildman–Crippen MR) is 79.8 cm³/mol. The summed E-state index contributed by atoms with van der Waals surface area (Å²) < 4.78 is 0. The molecular weight excluding hydrogens is 332 g/mol. The van der Waals surface area contributed by atoms with E-state index in [1.54, 1.807) is 0 Å². The SMILES string of the molecule is NC(=O)NC(CCC(=O)NC(CS)C(=O)NCC(=O)O)C(=O)O. The maximum Gasteiger partial charge on any atom is 0.326 e. The van der Waals surface area contributed by atoms with Crippen LogP contribution in [-0.4, -0.2) is 64.4 Å². The average Bonchev–Trinajstić information content (AvgIpc) is 2.45. The second-order valence-electron chi connectivity index (χ2n) is 4.35. The molecule has 0 saturated carbocycles. The highest BCUT2D eigenvalue weighted by atomic mass is 32.1. The fourth-order valence-corrected chi connectivity index (χ4v) is 1.71. The van der Waals surface area contributed by atoms with Crippen LogP contribution in [-0.2, 0) is 19.2 Å². The van der Waals surface area contributed by atoms with Gasteiger partial charge < -0.3 is 31.9 Å². The Labute approximate surface area is 136 Å². The molecule has 130 valence electrons. The highest BCUT2D eigenvalue weighted by Crippen LogP contribution is 1.99. The first kappa shape index (κ1) is 20.5. The molecule has 2 unspecified atom stereocenters. The number of hydrogen-bond acceptors (Lipinski definition) is 6. The number of thiol groups is 1. The third-order valence-corrected chi connectivity index (χ3v) is 2.89. The van der Waals surface area contributed by atoms with Crippen LogP contribution < -0.4 is 21.7 Å². The predicted octanol–water partition coefficient (Wildman–Crippen LogP) is -2.50. The third kappa shape index (κ3) is 9.18. The van der Waals surface area contributed by atoms with Crippen molar-refractivity contribution in [2.75, 3.05) is 12.3 Å². The number of carbonyl (C=O) groups is 5. The van der Waals surface area contributed by atoms with Crippen molar-refractivity contribution >= 4 is 42.4 Å². The standard InChI is InChI=1S/C11H18N4O7S/c12-11(22)15-5(10(20)21)1-2-7(16)14-6(4-23)9(19)13-3-8(17)18/h5-6,23H,1-4H2,(H,13,19)(H,14,16)(H,17,18)(H,20,21)(H3,12,15,22). The van der Waals surface area contributed by atoms with Crippen LogP contribution in [0.2, 0.25) is 0 Å². The summed E-state index contributed by atoms with van der Waals surface area (Å²) >= 11 is 3.87. The van der Waals surface area contributed by atoms with Gasteiger partial charge in [0.15, 0.2) is 0 Å². The molecule has 0 aromatic carbocycles. The van der Waals surface area contributed by atoms with Crippen molar-refractivity contribution in [3.8, 4) is 0 Å². The molecule has 4 amide bonds. The molecule has 7 N–H and O–H groups in total. The van der Waals surface area contributed by atoms with Gasteiger partial charge in [0.2, 0.25) is 11.8 Å². The van der Waals surface area contributed by atoms with Crippen LogP contribution in [0.3, 0.4) is 0 Å². The van der Waals surface area contributed by atoms with Gasteiger partial charge in [0, 0.05) is 12.2 Å². The number of nitrogens with two attached hydrogens (primary N) is 1. The fourth-order valence-electron chi connectivity index (χ4n) is 1.45. The first-order chi connectivity index (χ1) is 10.7. The van der Waals surface area contributed by atoms with Gasteiger partial charge in [0.1, 0.15) is 18.6 Å². The van der Waals surface area contributed by atoms with Crippen molar-refractivity contribution in [3.05, 3.63) is 0 Å². The smallest absolute Gasteiger partial charge is 0.326 e. The molecule has 0 bridgehead atoms. The molecule has 23 heavy (non-hydrogen) atoms. The summed E-state index contributed by atoms with van der Waals surface area (Å²) in [6.07, 6.45) is -0.534. The molecule has 0 rings (SSSR count). The lowest BCUT2D eigenvalue weighted by atomic mass is 10.1. The molecule has 12 heteroatoms. The summed E-state index contributed by atoms with van der Waals surface area (Å²) in [7, 11) is 0. The Morgan fingerprint density at radius 2 is 1.65 bits per heavy atom. The topological polar surface area (TPSA) is 188 Å². The summed E-state index contributed by atoms with van der Waals surface area (Å²) in [5.41, 5.74) is 4.81. The van der Waals surface area contributed by atoms with Crippen molar-refractivity contribution in [2.45, 2.75) is 24.9 Å². The normalized spacial score (nSPS) is 12.6.